The molecule has 0 aliphatic heterocycles. The van der Waals surface area contributed by atoms with E-state index in [9.17, 15) is 0 Å². The summed E-state index contributed by atoms with van der Waals surface area (Å²) in [4.78, 5) is 0. The highest BCUT2D eigenvalue weighted by Crippen LogP contribution is 2.13. The van der Waals surface area contributed by atoms with Crippen molar-refractivity contribution >= 4 is 0 Å². The van der Waals surface area contributed by atoms with Crippen LogP contribution in [0.5, 0.6) is 0 Å². The first kappa shape index (κ1) is 11.1. The van der Waals surface area contributed by atoms with Crippen LogP contribution in [0.2, 0.25) is 0 Å². The van der Waals surface area contributed by atoms with E-state index in [4.69, 9.17) is 15.6 Å². The normalized spacial score (nSPS) is 15.4. The van der Waals surface area contributed by atoms with E-state index in [0.29, 0.717) is 6.61 Å². The van der Waals surface area contributed by atoms with Crippen LogP contribution in [-0.2, 0) is 4.74 Å². The lowest BCUT2D eigenvalue weighted by molar-refractivity contribution is 0.173. The Morgan fingerprint density at radius 2 is 2.43 bits per heavy atom. The molecule has 6 heteroatoms. The fourth-order valence-corrected chi connectivity index (χ4v) is 1.20. The zero-order valence-electron chi connectivity index (χ0n) is 8.42. The number of methoxy groups -OCH3 is 1. The molecule has 14 heavy (non-hydrogen) atoms. The van der Waals surface area contributed by atoms with Gasteiger partial charge in [0.15, 0.2) is 0 Å². The van der Waals surface area contributed by atoms with Crippen LogP contribution in [0.25, 0.3) is 0 Å². The molecular formula is C8H16N4O2. The highest BCUT2D eigenvalue weighted by Gasteiger charge is 2.15. The van der Waals surface area contributed by atoms with Gasteiger partial charge in [-0.3, -0.25) is 0 Å². The molecule has 3 N–H and O–H groups in total. The third kappa shape index (κ3) is 2.28. The van der Waals surface area contributed by atoms with Gasteiger partial charge >= 0.3 is 0 Å². The third-order valence-corrected chi connectivity index (χ3v) is 2.01. The zero-order valence-corrected chi connectivity index (χ0v) is 8.42. The third-order valence-electron chi connectivity index (χ3n) is 2.01. The van der Waals surface area contributed by atoms with Gasteiger partial charge < -0.3 is 15.6 Å². The van der Waals surface area contributed by atoms with Crippen molar-refractivity contribution < 1.29 is 9.84 Å². The average Bonchev–Trinajstić information content (AvgIpc) is 2.65. The Balaban J connectivity index is 2.81. The second kappa shape index (κ2) is 5.04. The summed E-state index contributed by atoms with van der Waals surface area (Å²) in [6, 6.07) is -0.376. The SMILES string of the molecule is COC[C@H](N)c1cnnn1C(C)CO. The van der Waals surface area contributed by atoms with Crippen LogP contribution < -0.4 is 5.73 Å². The minimum atomic E-state index is -0.260. The summed E-state index contributed by atoms with van der Waals surface area (Å²) >= 11 is 0. The zero-order chi connectivity index (χ0) is 10.6. The number of hydrogen-bond acceptors (Lipinski definition) is 5. The van der Waals surface area contributed by atoms with Gasteiger partial charge in [-0.05, 0) is 6.92 Å². The standard InChI is InChI=1S/C8H16N4O2/c1-6(4-13)12-8(3-10-11-12)7(9)5-14-2/h3,6-7,13H,4-5,9H2,1-2H3/t6?,7-/m0/s1. The molecule has 0 aliphatic carbocycles. The number of rotatable bonds is 5. The molecule has 0 amide bonds. The number of nitrogens with zero attached hydrogens (tertiary/aromatic N) is 3. The van der Waals surface area contributed by atoms with Crippen molar-refractivity contribution in [2.75, 3.05) is 20.3 Å². The predicted octanol–water partition coefficient (Wildman–Crippen LogP) is -0.522. The lowest BCUT2D eigenvalue weighted by Gasteiger charge is -2.15. The predicted molar refractivity (Wildman–Crippen MR) is 50.6 cm³/mol. The van der Waals surface area contributed by atoms with Crippen molar-refractivity contribution in [1.82, 2.24) is 15.0 Å². The van der Waals surface area contributed by atoms with E-state index in [1.165, 1.54) is 0 Å². The van der Waals surface area contributed by atoms with Crippen molar-refractivity contribution in [2.45, 2.75) is 19.0 Å². The number of aromatic nitrogens is 3. The number of aliphatic hydroxyl groups excluding tert-OH is 1. The molecule has 0 saturated carbocycles. The van der Waals surface area contributed by atoms with Gasteiger partial charge in [0, 0.05) is 7.11 Å². The van der Waals surface area contributed by atoms with Crippen molar-refractivity contribution in [1.29, 1.82) is 0 Å². The van der Waals surface area contributed by atoms with Gasteiger partial charge in [0.25, 0.3) is 0 Å². The largest absolute Gasteiger partial charge is 0.394 e. The lowest BCUT2D eigenvalue weighted by atomic mass is 10.2. The second-order valence-corrected chi connectivity index (χ2v) is 3.20. The Hall–Kier alpha value is -0.980. The summed E-state index contributed by atoms with van der Waals surface area (Å²) in [5, 5.41) is 16.6. The molecule has 0 aromatic carbocycles. The first-order valence-electron chi connectivity index (χ1n) is 4.46. The van der Waals surface area contributed by atoms with Crippen LogP contribution in [0.3, 0.4) is 0 Å². The molecule has 0 saturated heterocycles. The summed E-state index contributed by atoms with van der Waals surface area (Å²) in [6.45, 7) is 2.26. The molecule has 6 nitrogen and oxygen atoms in total. The highest BCUT2D eigenvalue weighted by atomic mass is 16.5. The van der Waals surface area contributed by atoms with Crippen LogP contribution in [0, 0.1) is 0 Å². The maximum Gasteiger partial charge on any atom is 0.0782 e. The molecular weight excluding hydrogens is 184 g/mol. The first-order valence-corrected chi connectivity index (χ1v) is 4.46. The molecule has 2 atom stereocenters. The Morgan fingerprint density at radius 1 is 1.71 bits per heavy atom. The molecule has 1 rings (SSSR count). The number of hydrogen-bond donors (Lipinski definition) is 2. The summed E-state index contributed by atoms with van der Waals surface area (Å²) in [7, 11) is 1.59. The average molecular weight is 200 g/mol. The molecule has 0 fully saturated rings. The van der Waals surface area contributed by atoms with Crippen molar-refractivity contribution in [3.8, 4) is 0 Å². The molecule has 1 unspecified atom stereocenters. The molecule has 0 aliphatic rings. The molecule has 0 spiro atoms. The number of nitrogens with two attached hydrogens (primary N) is 1. The molecule has 80 valence electrons. The highest BCUT2D eigenvalue weighted by molar-refractivity contribution is 5.02. The minimum Gasteiger partial charge on any atom is -0.394 e. The molecule has 1 heterocycles. The van der Waals surface area contributed by atoms with Crippen molar-refractivity contribution in [3.05, 3.63) is 11.9 Å². The summed E-state index contributed by atoms with van der Waals surface area (Å²) in [6.07, 6.45) is 1.59. The smallest absolute Gasteiger partial charge is 0.0782 e. The van der Waals surface area contributed by atoms with Gasteiger partial charge in [0.05, 0.1) is 37.2 Å². The van der Waals surface area contributed by atoms with E-state index in [0.717, 1.165) is 5.69 Å². The summed E-state index contributed by atoms with van der Waals surface area (Å²) in [5.74, 6) is 0. The summed E-state index contributed by atoms with van der Waals surface area (Å²) < 4.78 is 6.55. The molecule has 0 radical (unpaired) electrons. The van der Waals surface area contributed by atoms with Crippen LogP contribution in [0.15, 0.2) is 6.20 Å². The lowest BCUT2D eigenvalue weighted by Crippen LogP contribution is -2.23. The molecule has 1 aromatic heterocycles. The summed E-state index contributed by atoms with van der Waals surface area (Å²) in [5.41, 5.74) is 6.61. The second-order valence-electron chi connectivity index (χ2n) is 3.20. The van der Waals surface area contributed by atoms with Gasteiger partial charge in [-0.25, -0.2) is 4.68 Å². The Labute approximate surface area is 82.7 Å². The quantitative estimate of drug-likeness (QED) is 0.667. The van der Waals surface area contributed by atoms with E-state index in [1.807, 2.05) is 6.92 Å². The van der Waals surface area contributed by atoms with Gasteiger partial charge in [0.1, 0.15) is 0 Å². The maximum atomic E-state index is 8.98. The van der Waals surface area contributed by atoms with E-state index >= 15 is 0 Å². The molecule has 0 bridgehead atoms. The van der Waals surface area contributed by atoms with Gasteiger partial charge in [-0.2, -0.15) is 0 Å². The fourth-order valence-electron chi connectivity index (χ4n) is 1.20. The van der Waals surface area contributed by atoms with E-state index < -0.39 is 0 Å². The Morgan fingerprint density at radius 3 is 3.00 bits per heavy atom. The van der Waals surface area contributed by atoms with Crippen LogP contribution >= 0.6 is 0 Å². The fraction of sp³-hybridized carbons (Fsp3) is 0.750. The topological polar surface area (TPSA) is 86.2 Å². The monoisotopic (exact) mass is 200 g/mol. The van der Waals surface area contributed by atoms with Crippen molar-refractivity contribution in [2.24, 2.45) is 5.73 Å². The Bertz CT molecular complexity index is 276. The number of aliphatic hydroxyl groups is 1. The Kier molecular flexibility index (Phi) is 3.99. The van der Waals surface area contributed by atoms with Gasteiger partial charge in [-0.1, -0.05) is 5.21 Å². The number of ether oxygens (including phenoxy) is 1. The van der Waals surface area contributed by atoms with E-state index in [1.54, 1.807) is 18.0 Å². The van der Waals surface area contributed by atoms with Crippen LogP contribution in [-0.4, -0.2) is 40.4 Å². The maximum absolute atomic E-state index is 8.98. The van der Waals surface area contributed by atoms with E-state index in [2.05, 4.69) is 10.3 Å². The minimum absolute atomic E-state index is 0.00998. The first-order chi connectivity index (χ1) is 6.70. The van der Waals surface area contributed by atoms with Gasteiger partial charge in [-0.15, -0.1) is 5.10 Å². The van der Waals surface area contributed by atoms with Crippen LogP contribution in [0.1, 0.15) is 24.7 Å². The van der Waals surface area contributed by atoms with Crippen molar-refractivity contribution in [3.63, 3.8) is 0 Å². The van der Waals surface area contributed by atoms with Gasteiger partial charge in [0.2, 0.25) is 0 Å². The van der Waals surface area contributed by atoms with E-state index in [-0.39, 0.29) is 18.7 Å². The molecule has 1 aromatic rings. The van der Waals surface area contributed by atoms with Crippen LogP contribution in [0.4, 0.5) is 0 Å².